The first-order chi connectivity index (χ1) is 10.5. The Hall–Kier alpha value is -1.64. The summed E-state index contributed by atoms with van der Waals surface area (Å²) in [6.07, 6.45) is -0.543. The van der Waals surface area contributed by atoms with E-state index in [1.54, 1.807) is 30.8 Å². The Morgan fingerprint density at radius 2 is 2.32 bits per heavy atom. The van der Waals surface area contributed by atoms with Crippen molar-refractivity contribution in [3.8, 4) is 0 Å². The molecule has 0 saturated heterocycles. The Morgan fingerprint density at radius 1 is 1.55 bits per heavy atom. The summed E-state index contributed by atoms with van der Waals surface area (Å²) in [5.74, 6) is -0.234. The highest BCUT2D eigenvalue weighted by atomic mass is 35.5. The first kappa shape index (κ1) is 16.7. The number of aromatic nitrogens is 4. The first-order valence-electron chi connectivity index (χ1n) is 6.63. The molecular formula is C13H16ClN5O2S. The fourth-order valence-corrected chi connectivity index (χ4v) is 2.63. The Balaban J connectivity index is 2.21. The van der Waals surface area contributed by atoms with E-state index in [4.69, 9.17) is 16.3 Å². The van der Waals surface area contributed by atoms with E-state index in [2.05, 4.69) is 20.8 Å². The minimum atomic E-state index is -0.543. The van der Waals surface area contributed by atoms with Crippen molar-refractivity contribution in [3.63, 3.8) is 0 Å². The summed E-state index contributed by atoms with van der Waals surface area (Å²) in [7, 11) is 1.74. The van der Waals surface area contributed by atoms with Crippen LogP contribution in [0, 0.1) is 0 Å². The molecule has 0 unspecified atom stereocenters. The van der Waals surface area contributed by atoms with E-state index in [0.29, 0.717) is 22.5 Å². The van der Waals surface area contributed by atoms with E-state index in [-0.39, 0.29) is 5.91 Å². The normalized spacial score (nSPS) is 12.2. The van der Waals surface area contributed by atoms with Gasteiger partial charge < -0.3 is 10.1 Å². The van der Waals surface area contributed by atoms with Crippen molar-refractivity contribution in [3.05, 3.63) is 23.2 Å². The van der Waals surface area contributed by atoms with Crippen molar-refractivity contribution in [2.75, 3.05) is 11.9 Å². The molecule has 0 radical (unpaired) electrons. The van der Waals surface area contributed by atoms with E-state index >= 15 is 0 Å². The summed E-state index contributed by atoms with van der Waals surface area (Å²) < 4.78 is 6.83. The summed E-state index contributed by atoms with van der Waals surface area (Å²) in [4.78, 5) is 12.9. The molecule has 0 bridgehead atoms. The van der Waals surface area contributed by atoms with E-state index in [0.717, 1.165) is 4.90 Å². The second kappa shape index (κ2) is 7.57. The fourth-order valence-electron chi connectivity index (χ4n) is 1.65. The maximum atomic E-state index is 12.1. The van der Waals surface area contributed by atoms with Gasteiger partial charge in [-0.2, -0.15) is 0 Å². The Kier molecular flexibility index (Phi) is 5.76. The van der Waals surface area contributed by atoms with Crippen molar-refractivity contribution in [1.29, 1.82) is 0 Å². The van der Waals surface area contributed by atoms with Gasteiger partial charge in [0.15, 0.2) is 0 Å². The molecule has 0 saturated carbocycles. The summed E-state index contributed by atoms with van der Waals surface area (Å²) >= 11 is 7.35. The number of carbonyl (C=O) groups is 1. The van der Waals surface area contributed by atoms with Gasteiger partial charge in [0, 0.05) is 23.6 Å². The highest BCUT2D eigenvalue weighted by Gasteiger charge is 2.16. The maximum absolute atomic E-state index is 12.1. The molecule has 0 aliphatic carbocycles. The SMILES string of the molecule is CCO[C@@H](C)C(=O)Nc1cc(Cl)ccc1Sc1nnnn1C. The summed E-state index contributed by atoms with van der Waals surface area (Å²) in [5, 5.41) is 15.2. The Bertz CT molecular complexity index is 664. The third kappa shape index (κ3) is 4.19. The van der Waals surface area contributed by atoms with Gasteiger partial charge in [0.25, 0.3) is 5.91 Å². The van der Waals surface area contributed by atoms with Crippen molar-refractivity contribution >= 4 is 35.0 Å². The smallest absolute Gasteiger partial charge is 0.253 e. The van der Waals surface area contributed by atoms with Gasteiger partial charge in [0.05, 0.1) is 5.69 Å². The number of amides is 1. The van der Waals surface area contributed by atoms with Crippen LogP contribution >= 0.6 is 23.4 Å². The number of nitrogens with one attached hydrogen (secondary N) is 1. The molecule has 1 heterocycles. The predicted molar refractivity (Wildman–Crippen MR) is 84.1 cm³/mol. The molecule has 7 nitrogen and oxygen atoms in total. The van der Waals surface area contributed by atoms with E-state index in [1.165, 1.54) is 11.8 Å². The topological polar surface area (TPSA) is 81.9 Å². The van der Waals surface area contributed by atoms with Gasteiger partial charge in [-0.25, -0.2) is 4.68 Å². The number of aryl methyl sites for hydroxylation is 1. The number of benzene rings is 1. The predicted octanol–water partition coefficient (Wildman–Crippen LogP) is 2.38. The zero-order valence-corrected chi connectivity index (χ0v) is 14.0. The molecule has 1 atom stereocenters. The van der Waals surface area contributed by atoms with Gasteiger partial charge >= 0.3 is 0 Å². The fraction of sp³-hybridized carbons (Fsp3) is 0.385. The first-order valence-corrected chi connectivity index (χ1v) is 7.83. The molecule has 0 fully saturated rings. The highest BCUT2D eigenvalue weighted by Crippen LogP contribution is 2.33. The molecule has 1 N–H and O–H groups in total. The van der Waals surface area contributed by atoms with Gasteiger partial charge in [-0.15, -0.1) is 5.10 Å². The van der Waals surface area contributed by atoms with Crippen molar-refractivity contribution in [1.82, 2.24) is 20.2 Å². The molecule has 9 heteroatoms. The van der Waals surface area contributed by atoms with Crippen LogP contribution in [-0.2, 0) is 16.6 Å². The van der Waals surface area contributed by atoms with Gasteiger partial charge in [0.2, 0.25) is 5.16 Å². The third-order valence-corrected chi connectivity index (χ3v) is 4.11. The maximum Gasteiger partial charge on any atom is 0.253 e. The molecule has 1 aromatic carbocycles. The third-order valence-electron chi connectivity index (χ3n) is 2.77. The average molecular weight is 342 g/mol. The zero-order valence-electron chi connectivity index (χ0n) is 12.4. The number of anilines is 1. The Labute approximate surface area is 137 Å². The molecule has 1 aromatic heterocycles. The van der Waals surface area contributed by atoms with Crippen LogP contribution in [0.1, 0.15) is 13.8 Å². The minimum Gasteiger partial charge on any atom is -0.369 e. The number of nitrogens with zero attached hydrogens (tertiary/aromatic N) is 4. The summed E-state index contributed by atoms with van der Waals surface area (Å²) in [6, 6.07) is 5.24. The second-order valence-electron chi connectivity index (χ2n) is 4.41. The second-order valence-corrected chi connectivity index (χ2v) is 5.86. The van der Waals surface area contributed by atoms with Crippen molar-refractivity contribution < 1.29 is 9.53 Å². The molecule has 0 aliphatic heterocycles. The molecule has 118 valence electrons. The van der Waals surface area contributed by atoms with Crippen LogP contribution in [-0.4, -0.2) is 38.8 Å². The number of halogens is 1. The molecule has 22 heavy (non-hydrogen) atoms. The summed E-state index contributed by atoms with van der Waals surface area (Å²) in [5.41, 5.74) is 0.594. The van der Waals surface area contributed by atoms with E-state index in [1.807, 2.05) is 13.0 Å². The standard InChI is InChI=1S/C13H16ClN5O2S/c1-4-21-8(2)12(20)15-10-7-9(14)5-6-11(10)22-13-16-17-18-19(13)3/h5-8H,4H2,1-3H3,(H,15,20)/t8-/m0/s1. The quantitative estimate of drug-likeness (QED) is 0.868. The minimum absolute atomic E-state index is 0.234. The van der Waals surface area contributed by atoms with Crippen LogP contribution < -0.4 is 5.32 Å². The molecular weight excluding hydrogens is 326 g/mol. The molecule has 2 rings (SSSR count). The van der Waals surface area contributed by atoms with Crippen LogP contribution in [0.4, 0.5) is 5.69 Å². The molecule has 2 aromatic rings. The van der Waals surface area contributed by atoms with Gasteiger partial charge in [0.1, 0.15) is 6.10 Å². The summed E-state index contributed by atoms with van der Waals surface area (Å²) in [6.45, 7) is 4.00. The number of tetrazole rings is 1. The number of ether oxygens (including phenoxy) is 1. The van der Waals surface area contributed by atoms with Crippen LogP contribution in [0.25, 0.3) is 0 Å². The monoisotopic (exact) mass is 341 g/mol. The lowest BCUT2D eigenvalue weighted by atomic mass is 10.3. The Morgan fingerprint density at radius 3 is 2.95 bits per heavy atom. The van der Waals surface area contributed by atoms with Gasteiger partial charge in [-0.1, -0.05) is 11.6 Å². The number of hydrogen-bond donors (Lipinski definition) is 1. The van der Waals surface area contributed by atoms with Gasteiger partial charge in [-0.05, 0) is 54.2 Å². The average Bonchev–Trinajstić information content (AvgIpc) is 2.87. The van der Waals surface area contributed by atoms with Crippen LogP contribution in [0.15, 0.2) is 28.3 Å². The van der Waals surface area contributed by atoms with E-state index < -0.39 is 6.10 Å². The zero-order chi connectivity index (χ0) is 16.1. The number of hydrogen-bond acceptors (Lipinski definition) is 6. The van der Waals surface area contributed by atoms with Crippen molar-refractivity contribution in [2.24, 2.45) is 7.05 Å². The van der Waals surface area contributed by atoms with Crippen LogP contribution in [0.2, 0.25) is 5.02 Å². The largest absolute Gasteiger partial charge is 0.369 e. The lowest BCUT2D eigenvalue weighted by Gasteiger charge is -2.14. The van der Waals surface area contributed by atoms with Crippen LogP contribution in [0.3, 0.4) is 0 Å². The molecule has 0 spiro atoms. The van der Waals surface area contributed by atoms with Crippen LogP contribution in [0.5, 0.6) is 0 Å². The van der Waals surface area contributed by atoms with Crippen molar-refractivity contribution in [2.45, 2.75) is 30.0 Å². The lowest BCUT2D eigenvalue weighted by Crippen LogP contribution is -2.27. The molecule has 0 aliphatic rings. The lowest BCUT2D eigenvalue weighted by molar-refractivity contribution is -0.126. The number of rotatable bonds is 6. The highest BCUT2D eigenvalue weighted by molar-refractivity contribution is 7.99. The number of carbonyl (C=O) groups excluding carboxylic acids is 1. The van der Waals surface area contributed by atoms with E-state index in [9.17, 15) is 4.79 Å². The molecule has 1 amide bonds. The van der Waals surface area contributed by atoms with Gasteiger partial charge in [-0.3, -0.25) is 4.79 Å².